The second kappa shape index (κ2) is 6.72. The van der Waals surface area contributed by atoms with Gasteiger partial charge in [0.2, 0.25) is 0 Å². The molecule has 21 heavy (non-hydrogen) atoms. The van der Waals surface area contributed by atoms with Crippen LogP contribution in [-0.2, 0) is 13.0 Å². The minimum absolute atomic E-state index is 0.272. The molecule has 0 spiro atoms. The molecular weight excluding hydrogens is 265 g/mol. The lowest BCUT2D eigenvalue weighted by atomic mass is 10.1. The Morgan fingerprint density at radius 1 is 1.05 bits per heavy atom. The van der Waals surface area contributed by atoms with E-state index in [9.17, 15) is 4.39 Å². The molecule has 110 valence electrons. The summed E-state index contributed by atoms with van der Waals surface area (Å²) in [6.45, 7) is 1.51. The van der Waals surface area contributed by atoms with E-state index >= 15 is 0 Å². The highest BCUT2D eigenvalue weighted by molar-refractivity contribution is 5.25. The lowest BCUT2D eigenvalue weighted by molar-refractivity contribution is 0.304. The summed E-state index contributed by atoms with van der Waals surface area (Å²) in [5.74, 6) is 0.290. The molecule has 0 radical (unpaired) electrons. The zero-order valence-corrected chi connectivity index (χ0v) is 12.0. The lowest BCUT2D eigenvalue weighted by Gasteiger charge is -2.08. The van der Waals surface area contributed by atoms with Crippen LogP contribution in [0.2, 0.25) is 0 Å². The molecule has 0 saturated heterocycles. The first kappa shape index (κ1) is 14.1. The van der Waals surface area contributed by atoms with Crippen molar-refractivity contribution in [2.24, 2.45) is 0 Å². The van der Waals surface area contributed by atoms with Crippen LogP contribution in [0.15, 0.2) is 48.5 Å². The predicted molar refractivity (Wildman–Crippen MR) is 81.9 cm³/mol. The van der Waals surface area contributed by atoms with Crippen molar-refractivity contribution in [1.29, 1.82) is 0 Å². The lowest BCUT2D eigenvalue weighted by Crippen LogP contribution is -2.19. The minimum atomic E-state index is -0.272. The third kappa shape index (κ3) is 4.57. The fourth-order valence-electron chi connectivity index (χ4n) is 2.23. The van der Waals surface area contributed by atoms with Crippen molar-refractivity contribution in [2.45, 2.75) is 31.9 Å². The molecule has 2 aromatic rings. The van der Waals surface area contributed by atoms with Gasteiger partial charge in [0.15, 0.2) is 0 Å². The highest BCUT2D eigenvalue weighted by Crippen LogP contribution is 2.18. The van der Waals surface area contributed by atoms with Crippen molar-refractivity contribution in [3.05, 3.63) is 65.5 Å². The summed E-state index contributed by atoms with van der Waals surface area (Å²) in [4.78, 5) is 0. The molecule has 1 N–H and O–H groups in total. The third-order valence-electron chi connectivity index (χ3n) is 3.65. The number of nitrogens with one attached hydrogen (secondary N) is 1. The zero-order chi connectivity index (χ0) is 14.5. The molecule has 1 aliphatic rings. The van der Waals surface area contributed by atoms with Gasteiger partial charge in [-0.1, -0.05) is 30.3 Å². The standard InChI is InChI=1S/C18H20FNO/c19-16-2-1-3-18(12-16)21-13-15-6-4-14(5-7-15)10-11-20-17-8-9-17/h1-7,12,17,20H,8-11,13H2. The Bertz CT molecular complexity index is 578. The molecule has 1 saturated carbocycles. The van der Waals surface area contributed by atoms with Gasteiger partial charge in [-0.3, -0.25) is 0 Å². The van der Waals surface area contributed by atoms with Crippen molar-refractivity contribution in [1.82, 2.24) is 5.32 Å². The number of ether oxygens (including phenoxy) is 1. The van der Waals surface area contributed by atoms with Crippen molar-refractivity contribution in [3.63, 3.8) is 0 Å². The molecule has 1 fully saturated rings. The van der Waals surface area contributed by atoms with Crippen molar-refractivity contribution in [3.8, 4) is 5.75 Å². The molecule has 0 aliphatic heterocycles. The summed E-state index contributed by atoms with van der Waals surface area (Å²) in [5.41, 5.74) is 2.43. The zero-order valence-electron chi connectivity index (χ0n) is 12.0. The van der Waals surface area contributed by atoms with Gasteiger partial charge in [0.25, 0.3) is 0 Å². The molecule has 0 atom stereocenters. The minimum Gasteiger partial charge on any atom is -0.489 e. The molecule has 0 heterocycles. The topological polar surface area (TPSA) is 21.3 Å². The SMILES string of the molecule is Fc1cccc(OCc2ccc(CCNC3CC3)cc2)c1. The van der Waals surface area contributed by atoms with Crippen molar-refractivity contribution < 1.29 is 9.13 Å². The molecule has 1 aliphatic carbocycles. The highest BCUT2D eigenvalue weighted by atomic mass is 19.1. The van der Waals surface area contributed by atoms with Crippen LogP contribution in [0.4, 0.5) is 4.39 Å². The Balaban J connectivity index is 1.47. The molecule has 0 bridgehead atoms. The first-order valence-corrected chi connectivity index (χ1v) is 7.49. The van der Waals surface area contributed by atoms with Crippen LogP contribution < -0.4 is 10.1 Å². The van der Waals surface area contributed by atoms with Gasteiger partial charge in [0, 0.05) is 12.1 Å². The van der Waals surface area contributed by atoms with Gasteiger partial charge in [-0.15, -0.1) is 0 Å². The first-order chi connectivity index (χ1) is 10.3. The Labute approximate surface area is 125 Å². The molecular formula is C18H20FNO. The quantitative estimate of drug-likeness (QED) is 0.837. The second-order valence-corrected chi connectivity index (χ2v) is 5.54. The van der Waals surface area contributed by atoms with E-state index in [0.29, 0.717) is 12.4 Å². The summed E-state index contributed by atoms with van der Waals surface area (Å²) < 4.78 is 18.6. The van der Waals surface area contributed by atoms with Gasteiger partial charge in [0.1, 0.15) is 18.2 Å². The summed E-state index contributed by atoms with van der Waals surface area (Å²) in [6.07, 6.45) is 3.72. The Morgan fingerprint density at radius 2 is 1.81 bits per heavy atom. The fourth-order valence-corrected chi connectivity index (χ4v) is 2.23. The molecule has 0 unspecified atom stereocenters. The maximum Gasteiger partial charge on any atom is 0.126 e. The van der Waals surface area contributed by atoms with Gasteiger partial charge < -0.3 is 10.1 Å². The second-order valence-electron chi connectivity index (χ2n) is 5.54. The van der Waals surface area contributed by atoms with E-state index in [0.717, 1.165) is 24.6 Å². The first-order valence-electron chi connectivity index (χ1n) is 7.49. The summed E-state index contributed by atoms with van der Waals surface area (Å²) in [6, 6.07) is 15.4. The Hall–Kier alpha value is -1.87. The van der Waals surface area contributed by atoms with Crippen LogP contribution in [0.25, 0.3) is 0 Å². The molecule has 0 amide bonds. The van der Waals surface area contributed by atoms with Gasteiger partial charge in [-0.25, -0.2) is 4.39 Å². The van der Waals surface area contributed by atoms with E-state index in [1.54, 1.807) is 12.1 Å². The van der Waals surface area contributed by atoms with Crippen molar-refractivity contribution in [2.75, 3.05) is 6.54 Å². The number of hydrogen-bond donors (Lipinski definition) is 1. The van der Waals surface area contributed by atoms with Crippen LogP contribution in [0.5, 0.6) is 5.75 Å². The van der Waals surface area contributed by atoms with Crippen molar-refractivity contribution >= 4 is 0 Å². The molecule has 2 aromatic carbocycles. The maximum atomic E-state index is 13.0. The van der Waals surface area contributed by atoms with E-state index in [1.165, 1.54) is 30.5 Å². The van der Waals surface area contributed by atoms with Gasteiger partial charge >= 0.3 is 0 Å². The van der Waals surface area contributed by atoms with Crippen LogP contribution in [-0.4, -0.2) is 12.6 Å². The summed E-state index contributed by atoms with van der Waals surface area (Å²) in [5, 5.41) is 3.51. The summed E-state index contributed by atoms with van der Waals surface area (Å²) in [7, 11) is 0. The van der Waals surface area contributed by atoms with Gasteiger partial charge in [-0.2, -0.15) is 0 Å². The van der Waals surface area contributed by atoms with Crippen LogP contribution in [0.1, 0.15) is 24.0 Å². The maximum absolute atomic E-state index is 13.0. The number of rotatable bonds is 7. The van der Waals surface area contributed by atoms with Crippen LogP contribution in [0.3, 0.4) is 0 Å². The molecule has 0 aromatic heterocycles. The van der Waals surface area contributed by atoms with Crippen LogP contribution in [0, 0.1) is 5.82 Å². The fraction of sp³-hybridized carbons (Fsp3) is 0.333. The summed E-state index contributed by atoms with van der Waals surface area (Å²) >= 11 is 0. The monoisotopic (exact) mass is 285 g/mol. The molecule has 3 heteroatoms. The largest absolute Gasteiger partial charge is 0.489 e. The van der Waals surface area contributed by atoms with Crippen LogP contribution >= 0.6 is 0 Å². The average molecular weight is 285 g/mol. The van der Waals surface area contributed by atoms with E-state index in [2.05, 4.69) is 29.6 Å². The van der Waals surface area contributed by atoms with Gasteiger partial charge in [0.05, 0.1) is 0 Å². The normalized spacial score (nSPS) is 14.1. The van der Waals surface area contributed by atoms with E-state index in [-0.39, 0.29) is 5.82 Å². The number of benzene rings is 2. The van der Waals surface area contributed by atoms with E-state index < -0.39 is 0 Å². The number of hydrogen-bond acceptors (Lipinski definition) is 2. The Morgan fingerprint density at radius 3 is 2.52 bits per heavy atom. The smallest absolute Gasteiger partial charge is 0.126 e. The average Bonchev–Trinajstić information content (AvgIpc) is 3.31. The van der Waals surface area contributed by atoms with E-state index in [1.807, 2.05) is 0 Å². The predicted octanol–water partition coefficient (Wildman–Crippen LogP) is 3.70. The van der Waals surface area contributed by atoms with Gasteiger partial charge in [-0.05, 0) is 49.1 Å². The third-order valence-corrected chi connectivity index (χ3v) is 3.65. The molecule has 3 rings (SSSR count). The molecule has 2 nitrogen and oxygen atoms in total. The van der Waals surface area contributed by atoms with E-state index in [4.69, 9.17) is 4.74 Å². The number of halogens is 1. The Kier molecular flexibility index (Phi) is 4.51. The highest BCUT2D eigenvalue weighted by Gasteiger charge is 2.19.